The number of carboxylic acids is 1. The average molecular weight is 748 g/mol. The van der Waals surface area contributed by atoms with E-state index >= 15 is 0 Å². The smallest absolute Gasteiger partial charge is 0.335 e. The number of fused-ring (bicyclic) bond motifs is 1. The van der Waals surface area contributed by atoms with Gasteiger partial charge in [-0.15, -0.1) is 0 Å². The van der Waals surface area contributed by atoms with Crippen molar-refractivity contribution in [2.24, 2.45) is 5.10 Å². The normalized spacial score (nSPS) is 14.0. The molecule has 1 fully saturated rings. The molecule has 0 radical (unpaired) electrons. The van der Waals surface area contributed by atoms with Crippen molar-refractivity contribution in [1.82, 2.24) is 9.66 Å². The first-order valence-electron chi connectivity index (χ1n) is 13.0. The molecule has 8 nitrogen and oxygen atoms in total. The maximum absolute atomic E-state index is 13.7. The van der Waals surface area contributed by atoms with Crippen molar-refractivity contribution >= 4 is 70.9 Å². The zero-order valence-electron chi connectivity index (χ0n) is 22.1. The lowest BCUT2D eigenvalue weighted by Gasteiger charge is -2.22. The Morgan fingerprint density at radius 2 is 1.88 bits per heavy atom. The molecule has 5 rings (SSSR count). The molecule has 3 aromatic carbocycles. The summed E-state index contributed by atoms with van der Waals surface area (Å²) in [6, 6.07) is 13.8. The number of methoxy groups -OCH3 is 1. The van der Waals surface area contributed by atoms with E-state index in [1.54, 1.807) is 36.5 Å². The van der Waals surface area contributed by atoms with Crippen LogP contribution in [-0.4, -0.2) is 34.1 Å². The number of hydrogen-bond acceptors (Lipinski definition) is 6. The van der Waals surface area contributed by atoms with Gasteiger partial charge in [0.25, 0.3) is 5.56 Å². The molecule has 0 aliphatic heterocycles. The first kappa shape index (κ1) is 29.5. The number of hydrogen-bond donors (Lipinski definition) is 1. The molecule has 0 atom stereocenters. The number of carboxylic acid groups (broad SMARTS) is 1. The molecule has 1 heterocycles. The second kappa shape index (κ2) is 12.9. The Balaban J connectivity index is 1.51. The topological polar surface area (TPSA) is 103 Å². The summed E-state index contributed by atoms with van der Waals surface area (Å²) in [5, 5.41) is 14.4. The molecule has 4 aromatic rings. The highest BCUT2D eigenvalue weighted by Gasteiger charge is 2.23. The Morgan fingerprint density at radius 1 is 1.10 bits per heavy atom. The summed E-state index contributed by atoms with van der Waals surface area (Å²) in [7, 11) is 1.53. The number of benzene rings is 3. The third-order valence-corrected chi connectivity index (χ3v) is 9.69. The van der Waals surface area contributed by atoms with E-state index < -0.39 is 5.97 Å². The van der Waals surface area contributed by atoms with Gasteiger partial charge in [0.2, 0.25) is 0 Å². The van der Waals surface area contributed by atoms with Crippen molar-refractivity contribution in [3.8, 4) is 11.5 Å². The Labute approximate surface area is 261 Å². The van der Waals surface area contributed by atoms with E-state index in [2.05, 4.69) is 52.9 Å². The highest BCUT2D eigenvalue weighted by Crippen LogP contribution is 2.43. The van der Waals surface area contributed by atoms with Gasteiger partial charge in [0.15, 0.2) is 11.5 Å². The van der Waals surface area contributed by atoms with Crippen molar-refractivity contribution in [3.05, 3.63) is 94.8 Å². The van der Waals surface area contributed by atoms with Gasteiger partial charge in [-0.05, 0) is 86.7 Å². The standard InChI is InChI=1S/C30H26Br3N3O5/c1-40-24-13-20(25(32)26(33)27(24)41-16-17-6-5-9-19(12-17)30(38)39)15-34-36-28(18-7-3-2-4-8-18)35-23-11-10-21(31)14-22(23)29(36)37/h5-6,9-15,18H,2-4,7-8,16H2,1H3,(H,38,39). The van der Waals surface area contributed by atoms with Crippen LogP contribution in [-0.2, 0) is 6.61 Å². The fraction of sp³-hybridized carbons (Fsp3) is 0.267. The molecule has 0 bridgehead atoms. The van der Waals surface area contributed by atoms with E-state index in [1.165, 1.54) is 24.3 Å². The van der Waals surface area contributed by atoms with Crippen molar-refractivity contribution in [2.75, 3.05) is 7.11 Å². The van der Waals surface area contributed by atoms with Crippen molar-refractivity contribution in [3.63, 3.8) is 0 Å². The maximum Gasteiger partial charge on any atom is 0.335 e. The molecule has 1 aliphatic carbocycles. The van der Waals surface area contributed by atoms with E-state index in [0.717, 1.165) is 30.2 Å². The Kier molecular flexibility index (Phi) is 9.25. The summed E-state index contributed by atoms with van der Waals surface area (Å²) in [6.07, 6.45) is 6.92. The molecule has 212 valence electrons. The van der Waals surface area contributed by atoms with Crippen LogP contribution in [0, 0.1) is 0 Å². The minimum Gasteiger partial charge on any atom is -0.493 e. The van der Waals surface area contributed by atoms with Crippen molar-refractivity contribution < 1.29 is 19.4 Å². The lowest BCUT2D eigenvalue weighted by molar-refractivity contribution is 0.0696. The van der Waals surface area contributed by atoms with Crippen molar-refractivity contribution in [1.29, 1.82) is 0 Å². The molecule has 0 saturated heterocycles. The number of aromatic nitrogens is 2. The van der Waals surface area contributed by atoms with Gasteiger partial charge in [-0.25, -0.2) is 9.78 Å². The molecular weight excluding hydrogens is 722 g/mol. The predicted octanol–water partition coefficient (Wildman–Crippen LogP) is 7.90. The van der Waals surface area contributed by atoms with Gasteiger partial charge < -0.3 is 14.6 Å². The monoisotopic (exact) mass is 745 g/mol. The summed E-state index contributed by atoms with van der Waals surface area (Å²) >= 11 is 10.7. The van der Waals surface area contributed by atoms with Gasteiger partial charge in [0.05, 0.1) is 34.3 Å². The van der Waals surface area contributed by atoms with Crippen LogP contribution in [0.15, 0.2) is 71.8 Å². The van der Waals surface area contributed by atoms with E-state index in [-0.39, 0.29) is 23.6 Å². The zero-order chi connectivity index (χ0) is 29.1. The predicted molar refractivity (Wildman–Crippen MR) is 169 cm³/mol. The number of aromatic carboxylic acids is 1. The fourth-order valence-corrected chi connectivity index (χ4v) is 6.25. The quantitative estimate of drug-likeness (QED) is 0.184. The molecule has 1 saturated carbocycles. The van der Waals surface area contributed by atoms with Gasteiger partial charge in [-0.2, -0.15) is 9.78 Å². The molecule has 0 amide bonds. The van der Waals surface area contributed by atoms with Gasteiger partial charge in [0.1, 0.15) is 12.4 Å². The summed E-state index contributed by atoms with van der Waals surface area (Å²) in [6.45, 7) is 0.133. The number of ether oxygens (including phenoxy) is 2. The Bertz CT molecular complexity index is 1710. The van der Waals surface area contributed by atoms with Crippen LogP contribution in [0.25, 0.3) is 10.9 Å². The van der Waals surface area contributed by atoms with Crippen LogP contribution in [0.3, 0.4) is 0 Å². The lowest BCUT2D eigenvalue weighted by atomic mass is 9.88. The summed E-state index contributed by atoms with van der Waals surface area (Å²) < 4.78 is 15.1. The molecule has 1 aromatic heterocycles. The summed E-state index contributed by atoms with van der Waals surface area (Å²) in [5.74, 6) is 0.705. The van der Waals surface area contributed by atoms with Crippen LogP contribution < -0.4 is 15.0 Å². The van der Waals surface area contributed by atoms with Crippen LogP contribution in [0.5, 0.6) is 11.5 Å². The Morgan fingerprint density at radius 3 is 2.61 bits per heavy atom. The molecule has 0 unspecified atom stereocenters. The van der Waals surface area contributed by atoms with E-state index in [0.29, 0.717) is 48.3 Å². The molecule has 1 aliphatic rings. The molecule has 1 N–H and O–H groups in total. The van der Waals surface area contributed by atoms with Gasteiger partial charge in [-0.3, -0.25) is 4.79 Å². The molecular formula is C30H26Br3N3O5. The number of nitrogens with zero attached hydrogens (tertiary/aromatic N) is 3. The van der Waals surface area contributed by atoms with E-state index in [4.69, 9.17) is 14.5 Å². The second-order valence-corrected chi connectivity index (χ2v) is 12.2. The fourth-order valence-electron chi connectivity index (χ4n) is 4.96. The first-order chi connectivity index (χ1) is 19.8. The largest absolute Gasteiger partial charge is 0.493 e. The van der Waals surface area contributed by atoms with E-state index in [9.17, 15) is 14.7 Å². The van der Waals surface area contributed by atoms with E-state index in [1.807, 2.05) is 12.1 Å². The average Bonchev–Trinajstić information content (AvgIpc) is 2.98. The van der Waals surface area contributed by atoms with Crippen LogP contribution in [0.1, 0.15) is 65.3 Å². The summed E-state index contributed by atoms with van der Waals surface area (Å²) in [5.41, 5.74) is 1.98. The van der Waals surface area contributed by atoms with Gasteiger partial charge in [-0.1, -0.05) is 47.3 Å². The van der Waals surface area contributed by atoms with Crippen LogP contribution >= 0.6 is 47.8 Å². The minimum atomic E-state index is -1.00. The SMILES string of the molecule is COc1cc(C=Nn2c(C3CCCCC3)nc3ccc(Br)cc3c2=O)c(Br)c(Br)c1OCc1cccc(C(=O)O)c1. The van der Waals surface area contributed by atoms with Crippen LogP contribution in [0.4, 0.5) is 0 Å². The summed E-state index contributed by atoms with van der Waals surface area (Å²) in [4.78, 5) is 29.9. The molecule has 11 heteroatoms. The third kappa shape index (κ3) is 6.42. The number of rotatable bonds is 8. The zero-order valence-corrected chi connectivity index (χ0v) is 26.8. The van der Waals surface area contributed by atoms with Gasteiger partial charge in [0, 0.05) is 20.4 Å². The minimum absolute atomic E-state index is 0.133. The Hall–Kier alpha value is -3.02. The van der Waals surface area contributed by atoms with Gasteiger partial charge >= 0.3 is 5.97 Å². The third-order valence-electron chi connectivity index (χ3n) is 7.05. The highest BCUT2D eigenvalue weighted by atomic mass is 79.9. The number of halogens is 3. The maximum atomic E-state index is 13.7. The first-order valence-corrected chi connectivity index (χ1v) is 15.4. The second-order valence-electron chi connectivity index (χ2n) is 9.75. The molecule has 41 heavy (non-hydrogen) atoms. The lowest BCUT2D eigenvalue weighted by Crippen LogP contribution is -2.25. The number of carbonyl (C=O) groups is 1. The highest BCUT2D eigenvalue weighted by molar-refractivity contribution is 9.13. The van der Waals surface area contributed by atoms with Crippen molar-refractivity contribution in [2.45, 2.75) is 44.6 Å². The molecule has 0 spiro atoms. The van der Waals surface area contributed by atoms with Crippen LogP contribution in [0.2, 0.25) is 0 Å².